The molecule has 0 radical (unpaired) electrons. The van der Waals surface area contributed by atoms with Crippen molar-refractivity contribution in [3.8, 4) is 11.6 Å². The number of hydrogen-bond donors (Lipinski definition) is 1. The fourth-order valence-electron chi connectivity index (χ4n) is 2.26. The van der Waals surface area contributed by atoms with Crippen LogP contribution in [0.3, 0.4) is 0 Å². The zero-order valence-corrected chi connectivity index (χ0v) is 11.0. The Morgan fingerprint density at radius 3 is 2.68 bits per heavy atom. The second-order valence-electron chi connectivity index (χ2n) is 4.50. The van der Waals surface area contributed by atoms with Gasteiger partial charge in [-0.05, 0) is 25.5 Å². The van der Waals surface area contributed by atoms with Crippen molar-refractivity contribution in [1.29, 1.82) is 0 Å². The molecule has 96 valence electrons. The average molecular weight is 253 g/mol. The van der Waals surface area contributed by atoms with Crippen molar-refractivity contribution in [1.82, 2.24) is 9.97 Å². The van der Waals surface area contributed by atoms with Gasteiger partial charge < -0.3 is 10.2 Å². The Hall–Kier alpha value is -2.36. The summed E-state index contributed by atoms with van der Waals surface area (Å²) in [7, 11) is 0. The van der Waals surface area contributed by atoms with Crippen molar-refractivity contribution in [2.24, 2.45) is 0 Å². The first-order chi connectivity index (χ1) is 9.19. The summed E-state index contributed by atoms with van der Waals surface area (Å²) in [4.78, 5) is 8.83. The first-order valence-corrected chi connectivity index (χ1v) is 6.31. The van der Waals surface area contributed by atoms with E-state index in [1.165, 1.54) is 0 Å². The maximum absolute atomic E-state index is 5.97. The topological polar surface area (TPSA) is 64.9 Å². The third-order valence-corrected chi connectivity index (χ3v) is 3.25. The molecule has 19 heavy (non-hydrogen) atoms. The first kappa shape index (κ1) is 11.7. The number of fused-ring (bicyclic) bond motifs is 1. The number of nitrogen functional groups attached to an aromatic ring is 1. The minimum atomic E-state index is 0.533. The van der Waals surface area contributed by atoms with Crippen LogP contribution in [-0.4, -0.2) is 9.97 Å². The Balaban J connectivity index is 2.16. The zero-order valence-electron chi connectivity index (χ0n) is 11.0. The normalized spacial score (nSPS) is 11.1. The van der Waals surface area contributed by atoms with E-state index in [9.17, 15) is 0 Å². The van der Waals surface area contributed by atoms with E-state index >= 15 is 0 Å². The van der Waals surface area contributed by atoms with Gasteiger partial charge in [0.2, 0.25) is 0 Å². The minimum absolute atomic E-state index is 0.533. The molecule has 0 aliphatic heterocycles. The highest BCUT2D eigenvalue weighted by molar-refractivity contribution is 5.81. The van der Waals surface area contributed by atoms with E-state index in [0.717, 1.165) is 28.6 Å². The van der Waals surface area contributed by atoms with E-state index in [1.54, 1.807) is 0 Å². The molecule has 4 heteroatoms. The number of nitrogens with two attached hydrogens (primary N) is 1. The lowest BCUT2D eigenvalue weighted by molar-refractivity contribution is 0.624. The Labute approximate surface area is 111 Å². The van der Waals surface area contributed by atoms with Crippen LogP contribution in [0.5, 0.6) is 0 Å². The van der Waals surface area contributed by atoms with Crippen molar-refractivity contribution in [2.45, 2.75) is 20.3 Å². The van der Waals surface area contributed by atoms with Crippen LogP contribution in [0.25, 0.3) is 22.6 Å². The van der Waals surface area contributed by atoms with Gasteiger partial charge in [-0.3, -0.25) is 0 Å². The van der Waals surface area contributed by atoms with Crippen molar-refractivity contribution in [3.63, 3.8) is 0 Å². The lowest BCUT2D eigenvalue weighted by Crippen LogP contribution is -2.04. The van der Waals surface area contributed by atoms with E-state index in [-0.39, 0.29) is 0 Å². The number of anilines is 1. The molecular formula is C15H15N3O. The Morgan fingerprint density at radius 2 is 2.00 bits per heavy atom. The summed E-state index contributed by atoms with van der Waals surface area (Å²) >= 11 is 0. The third kappa shape index (κ3) is 1.95. The lowest BCUT2D eigenvalue weighted by Gasteiger charge is -2.06. The highest BCUT2D eigenvalue weighted by Crippen LogP contribution is 2.27. The second-order valence-corrected chi connectivity index (χ2v) is 4.50. The lowest BCUT2D eigenvalue weighted by atomic mass is 10.1. The summed E-state index contributed by atoms with van der Waals surface area (Å²) in [6.07, 6.45) is 0.831. The third-order valence-electron chi connectivity index (χ3n) is 3.25. The van der Waals surface area contributed by atoms with Crippen molar-refractivity contribution in [3.05, 3.63) is 41.6 Å². The number of aromatic nitrogens is 2. The van der Waals surface area contributed by atoms with E-state index in [4.69, 9.17) is 10.2 Å². The number of hydrogen-bond acceptors (Lipinski definition) is 4. The Morgan fingerprint density at radius 1 is 1.21 bits per heavy atom. The number of benzene rings is 1. The van der Waals surface area contributed by atoms with Crippen LogP contribution in [-0.2, 0) is 6.42 Å². The summed E-state index contributed by atoms with van der Waals surface area (Å²) in [5.41, 5.74) is 8.71. The van der Waals surface area contributed by atoms with Gasteiger partial charge in [-0.2, -0.15) is 0 Å². The van der Waals surface area contributed by atoms with Crippen LogP contribution in [0, 0.1) is 6.92 Å². The number of rotatable bonds is 2. The van der Waals surface area contributed by atoms with Gasteiger partial charge in [0.15, 0.2) is 11.6 Å². The molecule has 1 aromatic carbocycles. The van der Waals surface area contributed by atoms with Crippen molar-refractivity contribution < 1.29 is 4.42 Å². The largest absolute Gasteiger partial charge is 0.453 e. The molecule has 3 aromatic rings. The van der Waals surface area contributed by atoms with Gasteiger partial charge in [-0.15, -0.1) is 0 Å². The fraction of sp³-hybridized carbons (Fsp3) is 0.200. The highest BCUT2D eigenvalue weighted by atomic mass is 16.3. The van der Waals surface area contributed by atoms with Gasteiger partial charge in [-0.25, -0.2) is 9.97 Å². The molecule has 0 spiro atoms. The molecule has 0 bridgehead atoms. The second kappa shape index (κ2) is 4.39. The Kier molecular flexibility index (Phi) is 2.71. The Bertz CT molecular complexity index is 690. The summed E-state index contributed by atoms with van der Waals surface area (Å²) in [5, 5.41) is 1.04. The van der Waals surface area contributed by atoms with Crippen LogP contribution < -0.4 is 5.73 Å². The molecule has 3 rings (SSSR count). The van der Waals surface area contributed by atoms with Crippen LogP contribution in [0.1, 0.15) is 18.2 Å². The molecule has 0 atom stereocenters. The molecule has 2 aromatic heterocycles. The molecule has 2 N–H and O–H groups in total. The number of furan rings is 1. The predicted octanol–water partition coefficient (Wildman–Crippen LogP) is 3.34. The molecule has 2 heterocycles. The molecule has 0 saturated heterocycles. The molecule has 4 nitrogen and oxygen atoms in total. The molecule has 0 unspecified atom stereocenters. The van der Waals surface area contributed by atoms with Gasteiger partial charge in [0.1, 0.15) is 11.4 Å². The quantitative estimate of drug-likeness (QED) is 0.760. The molecule has 0 fully saturated rings. The van der Waals surface area contributed by atoms with Crippen LogP contribution in [0.4, 0.5) is 5.82 Å². The van der Waals surface area contributed by atoms with E-state index in [1.807, 2.05) is 44.2 Å². The smallest absolute Gasteiger partial charge is 0.197 e. The SMILES string of the molecule is CCc1c(C)nc(-c2cc3ccccc3o2)nc1N. The summed E-state index contributed by atoms with van der Waals surface area (Å²) in [6.45, 7) is 3.99. The number of para-hydroxylation sites is 1. The molecular weight excluding hydrogens is 238 g/mol. The maximum Gasteiger partial charge on any atom is 0.197 e. The van der Waals surface area contributed by atoms with Gasteiger partial charge in [-0.1, -0.05) is 25.1 Å². The summed E-state index contributed by atoms with van der Waals surface area (Å²) in [6, 6.07) is 9.78. The zero-order chi connectivity index (χ0) is 13.4. The van der Waals surface area contributed by atoms with Crippen LogP contribution in [0.15, 0.2) is 34.7 Å². The van der Waals surface area contributed by atoms with Crippen molar-refractivity contribution >= 4 is 16.8 Å². The van der Waals surface area contributed by atoms with E-state index in [2.05, 4.69) is 9.97 Å². The monoisotopic (exact) mass is 253 g/mol. The summed E-state index contributed by atoms with van der Waals surface area (Å²) in [5.74, 6) is 1.73. The number of nitrogens with zero attached hydrogens (tertiary/aromatic N) is 2. The van der Waals surface area contributed by atoms with E-state index < -0.39 is 0 Å². The molecule has 0 aliphatic carbocycles. The van der Waals surface area contributed by atoms with Crippen molar-refractivity contribution in [2.75, 3.05) is 5.73 Å². The van der Waals surface area contributed by atoms with Gasteiger partial charge in [0.05, 0.1) is 0 Å². The number of aryl methyl sites for hydroxylation is 1. The highest BCUT2D eigenvalue weighted by Gasteiger charge is 2.12. The van der Waals surface area contributed by atoms with Gasteiger partial charge in [0.25, 0.3) is 0 Å². The predicted molar refractivity (Wildman–Crippen MR) is 75.8 cm³/mol. The van der Waals surface area contributed by atoms with Gasteiger partial charge in [0, 0.05) is 16.6 Å². The molecule has 0 saturated carbocycles. The van der Waals surface area contributed by atoms with Crippen LogP contribution in [0.2, 0.25) is 0 Å². The molecule has 0 amide bonds. The first-order valence-electron chi connectivity index (χ1n) is 6.31. The summed E-state index contributed by atoms with van der Waals surface area (Å²) < 4.78 is 5.76. The fourth-order valence-corrected chi connectivity index (χ4v) is 2.26. The van der Waals surface area contributed by atoms with Gasteiger partial charge >= 0.3 is 0 Å². The average Bonchev–Trinajstić information content (AvgIpc) is 2.82. The minimum Gasteiger partial charge on any atom is -0.453 e. The molecule has 0 aliphatic rings. The maximum atomic E-state index is 5.97. The standard InChI is InChI=1S/C15H15N3O/c1-3-11-9(2)17-15(18-14(11)16)13-8-10-6-4-5-7-12(10)19-13/h4-8H,3H2,1-2H3,(H2,16,17,18). The van der Waals surface area contributed by atoms with Crippen LogP contribution >= 0.6 is 0 Å². The van der Waals surface area contributed by atoms with E-state index in [0.29, 0.717) is 17.4 Å².